The zero-order valence-electron chi connectivity index (χ0n) is 11.7. The topological polar surface area (TPSA) is 77.0 Å². The molecule has 0 aromatic carbocycles. The zero-order chi connectivity index (χ0) is 13.8. The van der Waals surface area contributed by atoms with Crippen molar-refractivity contribution in [3.63, 3.8) is 0 Å². The fraction of sp³-hybridized carbons (Fsp3) is 0.769. The molecule has 1 fully saturated rings. The first kappa shape index (κ1) is 14.0. The first-order valence-corrected chi connectivity index (χ1v) is 6.93. The van der Waals surface area contributed by atoms with Gasteiger partial charge in [0.05, 0.1) is 0 Å². The van der Waals surface area contributed by atoms with E-state index in [0.29, 0.717) is 18.9 Å². The van der Waals surface area contributed by atoms with E-state index in [-0.39, 0.29) is 11.8 Å². The number of piperidine rings is 1. The molecular formula is C13H23N5O. The second-order valence-electron chi connectivity index (χ2n) is 5.52. The number of hydrogen-bond donors (Lipinski definition) is 1. The molecule has 2 heterocycles. The molecule has 0 aliphatic carbocycles. The number of rotatable bonds is 4. The molecule has 0 bridgehead atoms. The van der Waals surface area contributed by atoms with Crippen LogP contribution in [-0.4, -0.2) is 45.2 Å². The van der Waals surface area contributed by atoms with Gasteiger partial charge in [-0.3, -0.25) is 4.79 Å². The number of nitrogens with two attached hydrogens (primary N) is 1. The lowest BCUT2D eigenvalue weighted by Crippen LogP contribution is -2.40. The number of aryl methyl sites for hydroxylation is 1. The van der Waals surface area contributed by atoms with Gasteiger partial charge in [0.2, 0.25) is 5.91 Å². The van der Waals surface area contributed by atoms with E-state index >= 15 is 0 Å². The summed E-state index contributed by atoms with van der Waals surface area (Å²) in [6, 6.07) is 0. The number of likely N-dealkylation sites (tertiary alicyclic amines) is 1. The van der Waals surface area contributed by atoms with Gasteiger partial charge < -0.3 is 15.2 Å². The number of hydrogen-bond acceptors (Lipinski definition) is 4. The summed E-state index contributed by atoms with van der Waals surface area (Å²) < 4.78 is 1.95. The summed E-state index contributed by atoms with van der Waals surface area (Å²) in [7, 11) is 1.95. The van der Waals surface area contributed by atoms with Crippen LogP contribution in [0.25, 0.3) is 0 Å². The third kappa shape index (κ3) is 3.32. The molecule has 2 unspecified atom stereocenters. The molecule has 1 aliphatic rings. The Morgan fingerprint density at radius 1 is 1.63 bits per heavy atom. The van der Waals surface area contributed by atoms with Crippen molar-refractivity contribution in [2.24, 2.45) is 18.7 Å². The molecule has 6 nitrogen and oxygen atoms in total. The Morgan fingerprint density at radius 3 is 3.05 bits per heavy atom. The largest absolute Gasteiger partial charge is 0.342 e. The number of carbonyl (C=O) groups excluding carboxylic acids is 1. The Hall–Kier alpha value is -1.43. The number of aromatic nitrogens is 3. The fourth-order valence-corrected chi connectivity index (χ4v) is 2.59. The van der Waals surface area contributed by atoms with Crippen LogP contribution < -0.4 is 5.73 Å². The summed E-state index contributed by atoms with van der Waals surface area (Å²) in [4.78, 5) is 14.1. The van der Waals surface area contributed by atoms with Gasteiger partial charge in [-0.25, -0.2) is 0 Å². The predicted octanol–water partition coefficient (Wildman–Crippen LogP) is 0.506. The second-order valence-corrected chi connectivity index (χ2v) is 5.52. The van der Waals surface area contributed by atoms with Crippen molar-refractivity contribution in [3.05, 3.63) is 12.2 Å². The van der Waals surface area contributed by atoms with Crippen LogP contribution >= 0.6 is 0 Å². The van der Waals surface area contributed by atoms with Gasteiger partial charge in [-0.2, -0.15) is 0 Å². The average Bonchev–Trinajstić information content (AvgIpc) is 2.85. The maximum atomic E-state index is 12.2. The van der Waals surface area contributed by atoms with Crippen LogP contribution in [0.5, 0.6) is 0 Å². The van der Waals surface area contributed by atoms with E-state index in [1.54, 1.807) is 6.33 Å². The molecule has 2 rings (SSSR count). The summed E-state index contributed by atoms with van der Waals surface area (Å²) in [6.45, 7) is 4.18. The van der Waals surface area contributed by atoms with Crippen LogP contribution in [0.1, 0.15) is 37.9 Å². The molecule has 0 saturated carbocycles. The third-order valence-electron chi connectivity index (χ3n) is 3.81. The fourth-order valence-electron chi connectivity index (χ4n) is 2.59. The van der Waals surface area contributed by atoms with Crippen LogP contribution in [0.2, 0.25) is 0 Å². The minimum atomic E-state index is 0.213. The number of amides is 1. The summed E-state index contributed by atoms with van der Waals surface area (Å²) >= 11 is 0. The van der Waals surface area contributed by atoms with Crippen LogP contribution in [0.4, 0.5) is 0 Å². The SMILES string of the molecule is CC(CN)CC(=O)N1CCCC(c2nncn2C)C1. The lowest BCUT2D eigenvalue weighted by molar-refractivity contribution is -0.133. The monoisotopic (exact) mass is 265 g/mol. The van der Waals surface area contributed by atoms with E-state index in [1.165, 1.54) is 0 Å². The van der Waals surface area contributed by atoms with E-state index in [9.17, 15) is 4.79 Å². The van der Waals surface area contributed by atoms with Crippen molar-refractivity contribution in [2.75, 3.05) is 19.6 Å². The predicted molar refractivity (Wildman–Crippen MR) is 72.4 cm³/mol. The summed E-state index contributed by atoms with van der Waals surface area (Å²) in [6.07, 6.45) is 4.36. The standard InChI is InChI=1S/C13H23N5O/c1-10(7-14)6-12(19)18-5-3-4-11(8-18)13-16-15-9-17(13)2/h9-11H,3-8,14H2,1-2H3. The molecule has 6 heteroatoms. The Morgan fingerprint density at radius 2 is 2.42 bits per heavy atom. The highest BCUT2D eigenvalue weighted by Gasteiger charge is 2.27. The second kappa shape index (κ2) is 6.14. The lowest BCUT2D eigenvalue weighted by Gasteiger charge is -2.32. The van der Waals surface area contributed by atoms with Gasteiger partial charge in [-0.1, -0.05) is 6.92 Å². The van der Waals surface area contributed by atoms with Crippen LogP contribution in [-0.2, 0) is 11.8 Å². The molecule has 1 aromatic rings. The van der Waals surface area contributed by atoms with Crippen LogP contribution in [0, 0.1) is 5.92 Å². The molecule has 1 aliphatic heterocycles. The van der Waals surface area contributed by atoms with Crippen LogP contribution in [0.3, 0.4) is 0 Å². The Kier molecular flexibility index (Phi) is 4.52. The summed E-state index contributed by atoms with van der Waals surface area (Å²) in [5, 5.41) is 8.09. The highest BCUT2D eigenvalue weighted by Crippen LogP contribution is 2.25. The minimum absolute atomic E-state index is 0.213. The molecule has 2 atom stereocenters. The Balaban J connectivity index is 1.97. The van der Waals surface area contributed by atoms with E-state index in [1.807, 2.05) is 23.4 Å². The molecule has 1 amide bonds. The lowest BCUT2D eigenvalue weighted by atomic mass is 9.96. The molecule has 19 heavy (non-hydrogen) atoms. The maximum absolute atomic E-state index is 12.2. The number of carbonyl (C=O) groups is 1. The summed E-state index contributed by atoms with van der Waals surface area (Å²) in [5.74, 6) is 1.75. The van der Waals surface area contributed by atoms with Gasteiger partial charge in [0, 0.05) is 32.5 Å². The molecule has 2 N–H and O–H groups in total. The molecule has 1 saturated heterocycles. The van der Waals surface area contributed by atoms with E-state index in [2.05, 4.69) is 10.2 Å². The van der Waals surface area contributed by atoms with Crippen molar-refractivity contribution in [1.82, 2.24) is 19.7 Å². The molecular weight excluding hydrogens is 242 g/mol. The highest BCUT2D eigenvalue weighted by molar-refractivity contribution is 5.76. The molecule has 0 spiro atoms. The first-order chi connectivity index (χ1) is 9.11. The van der Waals surface area contributed by atoms with Gasteiger partial charge in [0.25, 0.3) is 0 Å². The van der Waals surface area contributed by atoms with Crippen LogP contribution in [0.15, 0.2) is 6.33 Å². The minimum Gasteiger partial charge on any atom is -0.342 e. The van der Waals surface area contributed by atoms with E-state index < -0.39 is 0 Å². The zero-order valence-corrected chi connectivity index (χ0v) is 11.7. The van der Waals surface area contributed by atoms with Gasteiger partial charge >= 0.3 is 0 Å². The molecule has 1 aromatic heterocycles. The first-order valence-electron chi connectivity index (χ1n) is 6.93. The maximum Gasteiger partial charge on any atom is 0.222 e. The van der Waals surface area contributed by atoms with Crippen molar-refractivity contribution in [3.8, 4) is 0 Å². The third-order valence-corrected chi connectivity index (χ3v) is 3.81. The summed E-state index contributed by atoms with van der Waals surface area (Å²) in [5.41, 5.74) is 5.58. The Labute approximate surface area is 114 Å². The number of nitrogens with zero attached hydrogens (tertiary/aromatic N) is 4. The van der Waals surface area contributed by atoms with Crippen molar-refractivity contribution < 1.29 is 4.79 Å². The van der Waals surface area contributed by atoms with Gasteiger partial charge in [0.15, 0.2) is 0 Å². The normalized spacial score (nSPS) is 21.4. The molecule has 0 radical (unpaired) electrons. The smallest absolute Gasteiger partial charge is 0.222 e. The van der Waals surface area contributed by atoms with Crippen molar-refractivity contribution >= 4 is 5.91 Å². The van der Waals surface area contributed by atoms with E-state index in [0.717, 1.165) is 31.8 Å². The average molecular weight is 265 g/mol. The highest BCUT2D eigenvalue weighted by atomic mass is 16.2. The van der Waals surface area contributed by atoms with E-state index in [4.69, 9.17) is 5.73 Å². The Bertz CT molecular complexity index is 430. The quantitative estimate of drug-likeness (QED) is 0.860. The van der Waals surface area contributed by atoms with Crippen molar-refractivity contribution in [2.45, 2.75) is 32.1 Å². The van der Waals surface area contributed by atoms with Gasteiger partial charge in [-0.15, -0.1) is 10.2 Å². The molecule has 106 valence electrons. The van der Waals surface area contributed by atoms with Gasteiger partial charge in [-0.05, 0) is 25.3 Å². The van der Waals surface area contributed by atoms with Gasteiger partial charge in [0.1, 0.15) is 12.2 Å². The van der Waals surface area contributed by atoms with Crippen molar-refractivity contribution in [1.29, 1.82) is 0 Å².